The zero-order chi connectivity index (χ0) is 13.8. The molecule has 2 atom stereocenters. The van der Waals surface area contributed by atoms with Gasteiger partial charge in [0.15, 0.2) is 0 Å². The van der Waals surface area contributed by atoms with Gasteiger partial charge in [-0.3, -0.25) is 0 Å². The quantitative estimate of drug-likeness (QED) is 0.380. The van der Waals surface area contributed by atoms with E-state index in [0.29, 0.717) is 12.8 Å². The van der Waals surface area contributed by atoms with Gasteiger partial charge in [0.25, 0.3) is 0 Å². The minimum absolute atomic E-state index is 0.0118. The minimum atomic E-state index is -1.34. The molecule has 0 aromatic rings. The lowest BCUT2D eigenvalue weighted by Gasteiger charge is -2.15. The molecule has 0 radical (unpaired) electrons. The van der Waals surface area contributed by atoms with E-state index in [0.717, 1.165) is 38.5 Å². The second kappa shape index (κ2) is 12.2. The Morgan fingerprint density at radius 1 is 0.833 bits per heavy atom. The van der Waals surface area contributed by atoms with Crippen LogP contribution in [0, 0.1) is 0 Å². The normalized spacial score (nSPS) is 16.5. The van der Waals surface area contributed by atoms with Gasteiger partial charge < -0.3 is 4.55 Å². The van der Waals surface area contributed by atoms with Crippen LogP contribution in [0.5, 0.6) is 0 Å². The summed E-state index contributed by atoms with van der Waals surface area (Å²) < 4.78 is 38.4. The average Bonchev–Trinajstić information content (AvgIpc) is 2.29. The Morgan fingerprint density at radius 2 is 1.22 bits per heavy atom. The van der Waals surface area contributed by atoms with Crippen molar-refractivity contribution in [3.8, 4) is 0 Å². The van der Waals surface area contributed by atoms with Crippen LogP contribution in [-0.2, 0) is 11.2 Å². The van der Waals surface area contributed by atoms with Crippen LogP contribution >= 0.6 is 0 Å². The Morgan fingerprint density at radius 3 is 1.56 bits per heavy atom. The molecule has 0 bridgehead atoms. The molecular formula is C14H28F2OS. The predicted molar refractivity (Wildman–Crippen MR) is 76.0 cm³/mol. The molecule has 2 unspecified atom stereocenters. The summed E-state index contributed by atoms with van der Waals surface area (Å²) in [5, 5.41) is 0. The van der Waals surface area contributed by atoms with Crippen LogP contribution in [0.15, 0.2) is 0 Å². The third kappa shape index (κ3) is 11.3. The van der Waals surface area contributed by atoms with Gasteiger partial charge in [-0.25, -0.2) is 8.78 Å². The number of hydrogen-bond acceptors (Lipinski definition) is 1. The van der Waals surface area contributed by atoms with Crippen molar-refractivity contribution in [1.29, 1.82) is 0 Å². The lowest BCUT2D eigenvalue weighted by atomic mass is 10.1. The number of rotatable bonds is 12. The van der Waals surface area contributed by atoms with E-state index < -0.39 is 23.5 Å². The molecule has 0 N–H and O–H groups in total. The molecule has 0 saturated carbocycles. The first kappa shape index (κ1) is 18.2. The van der Waals surface area contributed by atoms with Gasteiger partial charge >= 0.3 is 0 Å². The molecule has 18 heavy (non-hydrogen) atoms. The van der Waals surface area contributed by atoms with E-state index in [9.17, 15) is 13.3 Å². The zero-order valence-corrected chi connectivity index (χ0v) is 12.6. The standard InChI is InChI=1S/C14H28F2OS/c1-3-5-7-9-13(15)11-18(17)12-14(16)10-8-6-4-2/h13-14H,3-12H2,1-2H3. The van der Waals surface area contributed by atoms with E-state index in [-0.39, 0.29) is 11.5 Å². The topological polar surface area (TPSA) is 23.1 Å². The molecular weight excluding hydrogens is 254 g/mol. The van der Waals surface area contributed by atoms with E-state index in [1.165, 1.54) is 0 Å². The van der Waals surface area contributed by atoms with Crippen molar-refractivity contribution in [2.45, 2.75) is 77.6 Å². The summed E-state index contributed by atoms with van der Waals surface area (Å²) in [5.74, 6) is 0.0236. The highest BCUT2D eigenvalue weighted by Crippen LogP contribution is 2.13. The van der Waals surface area contributed by atoms with Crippen molar-refractivity contribution in [3.63, 3.8) is 0 Å². The smallest absolute Gasteiger partial charge is 0.144 e. The average molecular weight is 282 g/mol. The molecule has 0 aliphatic rings. The van der Waals surface area contributed by atoms with Crippen LogP contribution in [0.25, 0.3) is 0 Å². The highest BCUT2D eigenvalue weighted by Gasteiger charge is 2.20. The summed E-state index contributed by atoms with van der Waals surface area (Å²) in [4.78, 5) is 0. The van der Waals surface area contributed by atoms with Crippen molar-refractivity contribution in [2.24, 2.45) is 0 Å². The fraction of sp³-hybridized carbons (Fsp3) is 1.00. The molecule has 0 rings (SSSR count). The Kier molecular flexibility index (Phi) is 12.3. The molecule has 0 saturated heterocycles. The summed E-state index contributed by atoms with van der Waals surface area (Å²) in [6.45, 7) is 4.13. The van der Waals surface area contributed by atoms with Gasteiger partial charge in [0.1, 0.15) is 23.8 Å². The van der Waals surface area contributed by atoms with Gasteiger partial charge in [-0.05, 0) is 24.0 Å². The van der Waals surface area contributed by atoms with Crippen LogP contribution in [0.1, 0.15) is 65.2 Å². The van der Waals surface area contributed by atoms with Crippen LogP contribution in [0.2, 0.25) is 0 Å². The summed E-state index contributed by atoms with van der Waals surface area (Å²) in [5.41, 5.74) is 0. The first-order valence-corrected chi connectivity index (χ1v) is 8.72. The molecule has 0 spiro atoms. The van der Waals surface area contributed by atoms with Crippen molar-refractivity contribution in [2.75, 3.05) is 11.5 Å². The summed E-state index contributed by atoms with van der Waals surface area (Å²) in [6, 6.07) is 0. The van der Waals surface area contributed by atoms with Gasteiger partial charge in [0.2, 0.25) is 0 Å². The van der Waals surface area contributed by atoms with Gasteiger partial charge in [-0.1, -0.05) is 52.4 Å². The molecule has 0 heterocycles. The number of halogens is 2. The fourth-order valence-electron chi connectivity index (χ4n) is 1.87. The molecule has 0 aliphatic heterocycles. The van der Waals surface area contributed by atoms with Gasteiger partial charge in [0.05, 0.1) is 0 Å². The van der Waals surface area contributed by atoms with E-state index in [1.807, 2.05) is 0 Å². The van der Waals surface area contributed by atoms with Crippen LogP contribution in [-0.4, -0.2) is 28.4 Å². The number of hydrogen-bond donors (Lipinski definition) is 0. The highest BCUT2D eigenvalue weighted by molar-refractivity contribution is 7.91. The Labute approximate surface area is 114 Å². The zero-order valence-electron chi connectivity index (χ0n) is 11.8. The lowest BCUT2D eigenvalue weighted by molar-refractivity contribution is 0.321. The molecule has 4 heteroatoms. The first-order valence-electron chi connectivity index (χ1n) is 7.23. The summed E-state index contributed by atoms with van der Waals surface area (Å²) in [7, 11) is 0. The molecule has 0 amide bonds. The van der Waals surface area contributed by atoms with E-state index in [1.54, 1.807) is 0 Å². The van der Waals surface area contributed by atoms with Crippen molar-refractivity contribution >= 4 is 11.2 Å². The maximum absolute atomic E-state index is 13.4. The van der Waals surface area contributed by atoms with Gasteiger partial charge in [-0.15, -0.1) is 0 Å². The maximum Gasteiger partial charge on any atom is 0.144 e. The van der Waals surface area contributed by atoms with Crippen LogP contribution in [0.3, 0.4) is 0 Å². The van der Waals surface area contributed by atoms with Gasteiger partial charge in [-0.2, -0.15) is 0 Å². The lowest BCUT2D eigenvalue weighted by Crippen LogP contribution is -2.25. The van der Waals surface area contributed by atoms with Crippen molar-refractivity contribution < 1.29 is 13.3 Å². The molecule has 110 valence electrons. The summed E-state index contributed by atoms with van der Waals surface area (Å²) >= 11 is -1.34. The van der Waals surface area contributed by atoms with E-state index >= 15 is 0 Å². The SMILES string of the molecule is CCCCCC(F)C[S+]([O-])CC(F)CCCCC. The fourth-order valence-corrected chi connectivity index (χ4v) is 3.15. The van der Waals surface area contributed by atoms with E-state index in [2.05, 4.69) is 13.8 Å². The third-order valence-corrected chi connectivity index (χ3v) is 4.44. The number of alkyl halides is 2. The first-order chi connectivity index (χ1) is 8.60. The second-order valence-electron chi connectivity index (χ2n) is 4.96. The maximum atomic E-state index is 13.4. The largest absolute Gasteiger partial charge is 0.616 e. The van der Waals surface area contributed by atoms with Crippen LogP contribution < -0.4 is 0 Å². The molecule has 0 aromatic carbocycles. The third-order valence-electron chi connectivity index (χ3n) is 2.98. The molecule has 1 nitrogen and oxygen atoms in total. The van der Waals surface area contributed by atoms with Crippen LogP contribution in [0.4, 0.5) is 8.78 Å². The van der Waals surface area contributed by atoms with Gasteiger partial charge in [0, 0.05) is 0 Å². The van der Waals surface area contributed by atoms with Crippen molar-refractivity contribution in [1.82, 2.24) is 0 Å². The summed E-state index contributed by atoms with van der Waals surface area (Å²) in [6.07, 6.45) is 4.68. The minimum Gasteiger partial charge on any atom is -0.616 e. The highest BCUT2D eigenvalue weighted by atomic mass is 32.2. The molecule has 0 aliphatic carbocycles. The second-order valence-corrected chi connectivity index (χ2v) is 6.51. The van der Waals surface area contributed by atoms with Crippen molar-refractivity contribution in [3.05, 3.63) is 0 Å². The number of unbranched alkanes of at least 4 members (excludes halogenated alkanes) is 4. The Bertz CT molecular complexity index is 163. The monoisotopic (exact) mass is 282 g/mol. The molecule has 0 aromatic heterocycles. The Hall–Kier alpha value is 0.170. The predicted octanol–water partition coefficient (Wildman–Crippen LogP) is 4.57. The Balaban J connectivity index is 3.58. The molecule has 0 fully saturated rings. The van der Waals surface area contributed by atoms with E-state index in [4.69, 9.17) is 0 Å².